The first-order valence-corrected chi connectivity index (χ1v) is 17.8. The minimum absolute atomic E-state index is 0.581. The predicted molar refractivity (Wildman–Crippen MR) is 211 cm³/mol. The molecule has 0 unspecified atom stereocenters. The number of rotatable bonds is 4. The summed E-state index contributed by atoms with van der Waals surface area (Å²) in [5, 5.41) is 6.88. The second-order valence-electron chi connectivity index (χ2n) is 12.8. The predicted octanol–water partition coefficient (Wildman–Crippen LogP) is 12.2. The minimum Gasteiger partial charge on any atom is -0.456 e. The molecule has 7 aromatic carbocycles. The fourth-order valence-electron chi connectivity index (χ4n) is 7.63. The first-order chi connectivity index (χ1) is 25.3. The van der Waals surface area contributed by atoms with Crippen LogP contribution < -0.4 is 0 Å². The van der Waals surface area contributed by atoms with Crippen molar-refractivity contribution in [2.45, 2.75) is 0 Å². The summed E-state index contributed by atoms with van der Waals surface area (Å²) in [7, 11) is 0. The van der Waals surface area contributed by atoms with E-state index in [1.807, 2.05) is 36.4 Å². The molecule has 4 aromatic heterocycles. The van der Waals surface area contributed by atoms with E-state index < -0.39 is 0 Å². The van der Waals surface area contributed by atoms with Crippen LogP contribution in [0.5, 0.6) is 0 Å². The lowest BCUT2D eigenvalue weighted by molar-refractivity contribution is 0.669. The topological polar surface area (TPSA) is 56.7 Å². The van der Waals surface area contributed by atoms with Gasteiger partial charge >= 0.3 is 0 Å². The Morgan fingerprint density at radius 1 is 0.431 bits per heavy atom. The smallest absolute Gasteiger partial charge is 0.238 e. The summed E-state index contributed by atoms with van der Waals surface area (Å²) in [5.74, 6) is 1.86. The number of benzene rings is 7. The largest absolute Gasteiger partial charge is 0.456 e. The molecule has 0 aliphatic heterocycles. The third-order valence-electron chi connectivity index (χ3n) is 9.89. The molecule has 0 saturated carbocycles. The van der Waals surface area contributed by atoms with E-state index in [9.17, 15) is 0 Å². The van der Waals surface area contributed by atoms with Crippen molar-refractivity contribution in [2.75, 3.05) is 0 Å². The zero-order chi connectivity index (χ0) is 33.5. The normalized spacial score (nSPS) is 11.9. The van der Waals surface area contributed by atoms with Crippen LogP contribution in [0.4, 0.5) is 0 Å². The van der Waals surface area contributed by atoms with Crippen molar-refractivity contribution in [3.63, 3.8) is 0 Å². The second kappa shape index (κ2) is 10.9. The van der Waals surface area contributed by atoms with Gasteiger partial charge in [0.05, 0.1) is 11.0 Å². The SMILES string of the molecule is c1ccc(-c2nc(-c3cccc4sc5ccccc5c34)nc(-n3c4ccccc4c4cc(-c5cccc6oc7ccccc7c56)ccc43)n2)cc1. The number of para-hydroxylation sites is 2. The first-order valence-electron chi connectivity index (χ1n) is 16.9. The third kappa shape index (κ3) is 4.30. The number of hydrogen-bond acceptors (Lipinski definition) is 5. The van der Waals surface area contributed by atoms with E-state index in [4.69, 9.17) is 19.4 Å². The molecule has 5 nitrogen and oxygen atoms in total. The summed E-state index contributed by atoms with van der Waals surface area (Å²) in [6.45, 7) is 0. The van der Waals surface area contributed by atoms with Gasteiger partial charge in [-0.15, -0.1) is 11.3 Å². The highest BCUT2D eigenvalue weighted by atomic mass is 32.1. The van der Waals surface area contributed by atoms with Crippen LogP contribution in [-0.2, 0) is 0 Å². The molecule has 4 heterocycles. The van der Waals surface area contributed by atoms with Gasteiger partial charge in [-0.2, -0.15) is 9.97 Å². The molecule has 11 rings (SSSR count). The summed E-state index contributed by atoms with van der Waals surface area (Å²) < 4.78 is 10.9. The molecular weight excluding hydrogens is 645 g/mol. The molecule has 0 aliphatic carbocycles. The Labute approximate surface area is 295 Å². The highest BCUT2D eigenvalue weighted by Gasteiger charge is 2.21. The fraction of sp³-hybridized carbons (Fsp3) is 0. The number of aromatic nitrogens is 4. The molecule has 0 spiro atoms. The first kappa shape index (κ1) is 28.2. The summed E-state index contributed by atoms with van der Waals surface area (Å²) in [6, 6.07) is 54.9. The van der Waals surface area contributed by atoms with E-state index >= 15 is 0 Å². The van der Waals surface area contributed by atoms with Crippen LogP contribution in [0.15, 0.2) is 162 Å². The van der Waals surface area contributed by atoms with Gasteiger partial charge < -0.3 is 4.42 Å². The van der Waals surface area contributed by atoms with Gasteiger partial charge in [0, 0.05) is 52.8 Å². The van der Waals surface area contributed by atoms with E-state index in [2.05, 4.69) is 126 Å². The molecule has 0 atom stereocenters. The molecule has 0 N–H and O–H groups in total. The Kier molecular flexibility index (Phi) is 6.05. The van der Waals surface area contributed by atoms with Crippen LogP contribution in [0.3, 0.4) is 0 Å². The molecule has 0 saturated heterocycles. The lowest BCUT2D eigenvalue weighted by Gasteiger charge is -2.12. The zero-order valence-corrected chi connectivity index (χ0v) is 27.9. The highest BCUT2D eigenvalue weighted by Crippen LogP contribution is 2.42. The minimum atomic E-state index is 0.581. The standard InChI is InChI=1S/C45H26N4OS/c1-2-12-27(13-3-1)43-46-44(33-18-11-23-40-42(33)32-16-6-9-22-39(32)51-40)48-45(47-43)49-35-19-7-4-14-30(35)34-26-28(24-25-36(34)49)29-17-10-21-38-41(29)31-15-5-8-20-37(31)50-38/h1-26H. The van der Waals surface area contributed by atoms with Crippen molar-refractivity contribution >= 4 is 75.3 Å². The molecule has 0 fully saturated rings. The molecule has 0 radical (unpaired) electrons. The Morgan fingerprint density at radius 3 is 2.04 bits per heavy atom. The monoisotopic (exact) mass is 670 g/mol. The lowest BCUT2D eigenvalue weighted by atomic mass is 9.98. The molecular formula is C45H26N4OS. The average Bonchev–Trinajstić information content (AvgIpc) is 3.87. The summed E-state index contributed by atoms with van der Waals surface area (Å²) in [6.07, 6.45) is 0. The number of hydrogen-bond donors (Lipinski definition) is 0. The van der Waals surface area contributed by atoms with Crippen molar-refractivity contribution < 1.29 is 4.42 Å². The van der Waals surface area contributed by atoms with Gasteiger partial charge in [-0.05, 0) is 53.6 Å². The molecule has 6 heteroatoms. The van der Waals surface area contributed by atoms with E-state index in [1.54, 1.807) is 11.3 Å². The van der Waals surface area contributed by atoms with Crippen LogP contribution >= 0.6 is 11.3 Å². The van der Waals surface area contributed by atoms with Crippen molar-refractivity contribution in [3.05, 3.63) is 158 Å². The Morgan fingerprint density at radius 2 is 1.12 bits per heavy atom. The van der Waals surface area contributed by atoms with Crippen LogP contribution in [0.25, 0.3) is 104 Å². The van der Waals surface area contributed by atoms with Crippen LogP contribution in [-0.4, -0.2) is 19.5 Å². The molecule has 0 aliphatic rings. The maximum absolute atomic E-state index is 6.25. The summed E-state index contributed by atoms with van der Waals surface area (Å²) in [4.78, 5) is 15.6. The second-order valence-corrected chi connectivity index (χ2v) is 13.9. The maximum Gasteiger partial charge on any atom is 0.238 e. The van der Waals surface area contributed by atoms with Crippen molar-refractivity contribution in [1.29, 1.82) is 0 Å². The van der Waals surface area contributed by atoms with E-state index in [-0.39, 0.29) is 0 Å². The Bertz CT molecular complexity index is 3150. The van der Waals surface area contributed by atoms with Crippen LogP contribution in [0, 0.1) is 0 Å². The zero-order valence-electron chi connectivity index (χ0n) is 27.1. The molecule has 51 heavy (non-hydrogen) atoms. The van der Waals surface area contributed by atoms with E-state index in [1.165, 1.54) is 20.2 Å². The van der Waals surface area contributed by atoms with E-state index in [0.717, 1.165) is 66.0 Å². The summed E-state index contributed by atoms with van der Waals surface area (Å²) in [5.41, 5.74) is 8.04. The molecule has 0 bridgehead atoms. The fourth-order valence-corrected chi connectivity index (χ4v) is 8.77. The van der Waals surface area contributed by atoms with Crippen molar-refractivity contribution in [3.8, 4) is 39.9 Å². The van der Waals surface area contributed by atoms with Gasteiger partial charge in [-0.25, -0.2) is 4.98 Å². The van der Waals surface area contributed by atoms with Gasteiger partial charge in [0.1, 0.15) is 11.2 Å². The molecule has 0 amide bonds. The van der Waals surface area contributed by atoms with Crippen LogP contribution in [0.2, 0.25) is 0 Å². The average molecular weight is 671 g/mol. The van der Waals surface area contributed by atoms with Gasteiger partial charge in [0.25, 0.3) is 0 Å². The highest BCUT2D eigenvalue weighted by molar-refractivity contribution is 7.25. The van der Waals surface area contributed by atoms with Crippen LogP contribution in [0.1, 0.15) is 0 Å². The van der Waals surface area contributed by atoms with Gasteiger partial charge in [0.2, 0.25) is 5.95 Å². The Hall–Kier alpha value is -6.63. The van der Waals surface area contributed by atoms with Gasteiger partial charge in [-0.1, -0.05) is 115 Å². The van der Waals surface area contributed by atoms with Crippen molar-refractivity contribution in [2.24, 2.45) is 0 Å². The van der Waals surface area contributed by atoms with Gasteiger partial charge in [0.15, 0.2) is 11.6 Å². The number of fused-ring (bicyclic) bond motifs is 9. The maximum atomic E-state index is 6.25. The van der Waals surface area contributed by atoms with E-state index in [0.29, 0.717) is 17.6 Å². The van der Waals surface area contributed by atoms with Crippen molar-refractivity contribution in [1.82, 2.24) is 19.5 Å². The van der Waals surface area contributed by atoms with Gasteiger partial charge in [-0.3, -0.25) is 4.57 Å². The quantitative estimate of drug-likeness (QED) is 0.187. The Balaban J connectivity index is 1.18. The number of nitrogens with zero attached hydrogens (tertiary/aromatic N) is 4. The lowest BCUT2D eigenvalue weighted by Crippen LogP contribution is -2.06. The molecule has 11 aromatic rings. The summed E-state index contributed by atoms with van der Waals surface area (Å²) >= 11 is 1.80. The molecule has 238 valence electrons. The third-order valence-corrected chi connectivity index (χ3v) is 11.0. The number of thiophene rings is 1. The number of furan rings is 1.